The SMILES string of the molecule is Cc1ccc(C2=C(N3CC(C)OC(C)C3)C(=O)N(CCc3ccc(F)cc3)C2=O)cc1. The van der Waals surface area contributed by atoms with Gasteiger partial charge in [0.25, 0.3) is 11.8 Å². The number of amides is 2. The monoisotopic (exact) mass is 422 g/mol. The van der Waals surface area contributed by atoms with Crippen LogP contribution in [0.2, 0.25) is 0 Å². The zero-order chi connectivity index (χ0) is 22.1. The molecule has 0 aliphatic carbocycles. The molecule has 0 N–H and O–H groups in total. The van der Waals surface area contributed by atoms with E-state index in [0.29, 0.717) is 30.8 Å². The first-order valence-corrected chi connectivity index (χ1v) is 10.7. The van der Waals surface area contributed by atoms with Crippen molar-refractivity contribution < 1.29 is 18.7 Å². The summed E-state index contributed by atoms with van der Waals surface area (Å²) in [6.07, 6.45) is 0.403. The third-order valence-corrected chi connectivity index (χ3v) is 5.76. The molecule has 5 nitrogen and oxygen atoms in total. The lowest BCUT2D eigenvalue weighted by Gasteiger charge is -2.37. The molecule has 162 valence electrons. The molecule has 1 fully saturated rings. The van der Waals surface area contributed by atoms with Gasteiger partial charge in [0.2, 0.25) is 0 Å². The van der Waals surface area contributed by atoms with E-state index in [-0.39, 0.29) is 36.4 Å². The van der Waals surface area contributed by atoms with Crippen molar-refractivity contribution in [2.75, 3.05) is 19.6 Å². The number of hydrogen-bond acceptors (Lipinski definition) is 4. The van der Waals surface area contributed by atoms with Crippen molar-refractivity contribution in [3.63, 3.8) is 0 Å². The number of nitrogens with zero attached hydrogens (tertiary/aromatic N) is 2. The lowest BCUT2D eigenvalue weighted by Crippen LogP contribution is -2.47. The van der Waals surface area contributed by atoms with E-state index >= 15 is 0 Å². The van der Waals surface area contributed by atoms with Gasteiger partial charge in [0.15, 0.2) is 0 Å². The van der Waals surface area contributed by atoms with Crippen molar-refractivity contribution in [3.8, 4) is 0 Å². The Hall–Kier alpha value is -2.99. The van der Waals surface area contributed by atoms with Crippen LogP contribution in [-0.4, -0.2) is 53.5 Å². The maximum absolute atomic E-state index is 13.5. The quantitative estimate of drug-likeness (QED) is 0.692. The van der Waals surface area contributed by atoms with Crippen LogP contribution in [-0.2, 0) is 20.7 Å². The number of halogens is 1. The molecule has 0 bridgehead atoms. The first-order chi connectivity index (χ1) is 14.8. The Bertz CT molecular complexity index is 1000. The molecule has 31 heavy (non-hydrogen) atoms. The molecule has 2 amide bonds. The van der Waals surface area contributed by atoms with Crippen LogP contribution in [0, 0.1) is 12.7 Å². The molecule has 0 saturated carbocycles. The van der Waals surface area contributed by atoms with Crippen molar-refractivity contribution in [3.05, 3.63) is 76.7 Å². The molecule has 6 heteroatoms. The van der Waals surface area contributed by atoms with Crippen LogP contribution in [0.5, 0.6) is 0 Å². The lowest BCUT2D eigenvalue weighted by atomic mass is 10.0. The highest BCUT2D eigenvalue weighted by molar-refractivity contribution is 6.35. The van der Waals surface area contributed by atoms with E-state index in [9.17, 15) is 14.0 Å². The highest BCUT2D eigenvalue weighted by Gasteiger charge is 2.42. The number of imide groups is 1. The molecular formula is C25H27FN2O3. The number of carbonyl (C=O) groups is 2. The van der Waals surface area contributed by atoms with Crippen LogP contribution >= 0.6 is 0 Å². The minimum absolute atomic E-state index is 0.0355. The predicted molar refractivity (Wildman–Crippen MR) is 117 cm³/mol. The summed E-state index contributed by atoms with van der Waals surface area (Å²) in [5.41, 5.74) is 3.61. The van der Waals surface area contributed by atoms with E-state index in [1.165, 1.54) is 17.0 Å². The topological polar surface area (TPSA) is 49.9 Å². The molecule has 2 aliphatic rings. The molecule has 2 aliphatic heterocycles. The van der Waals surface area contributed by atoms with Gasteiger partial charge in [0.05, 0.1) is 17.8 Å². The van der Waals surface area contributed by atoms with E-state index in [1.54, 1.807) is 12.1 Å². The zero-order valence-electron chi connectivity index (χ0n) is 18.1. The third kappa shape index (κ3) is 4.39. The Labute approximate surface area is 182 Å². The van der Waals surface area contributed by atoms with E-state index < -0.39 is 0 Å². The number of ether oxygens (including phenoxy) is 1. The molecule has 2 heterocycles. The first kappa shape index (κ1) is 21.2. The molecule has 4 rings (SSSR count). The van der Waals surface area contributed by atoms with Crippen LogP contribution in [0.4, 0.5) is 4.39 Å². The van der Waals surface area contributed by atoms with Gasteiger partial charge < -0.3 is 9.64 Å². The Morgan fingerprint density at radius 2 is 1.55 bits per heavy atom. The first-order valence-electron chi connectivity index (χ1n) is 10.7. The van der Waals surface area contributed by atoms with E-state index in [1.807, 2.05) is 49.9 Å². The molecule has 2 atom stereocenters. The minimum Gasteiger partial charge on any atom is -0.372 e. The van der Waals surface area contributed by atoms with Gasteiger partial charge in [0, 0.05) is 19.6 Å². The number of benzene rings is 2. The van der Waals surface area contributed by atoms with Gasteiger partial charge in [-0.15, -0.1) is 0 Å². The highest BCUT2D eigenvalue weighted by atomic mass is 19.1. The molecule has 0 spiro atoms. The van der Waals surface area contributed by atoms with Gasteiger partial charge in [-0.2, -0.15) is 0 Å². The third-order valence-electron chi connectivity index (χ3n) is 5.76. The average Bonchev–Trinajstić information content (AvgIpc) is 2.97. The molecule has 0 radical (unpaired) electrons. The van der Waals surface area contributed by atoms with Crippen molar-refractivity contribution in [1.82, 2.24) is 9.80 Å². The average molecular weight is 423 g/mol. The van der Waals surface area contributed by atoms with E-state index in [0.717, 1.165) is 16.7 Å². The molecule has 2 aromatic carbocycles. The summed E-state index contributed by atoms with van der Waals surface area (Å²) in [6.45, 7) is 7.29. The number of aryl methyl sites for hydroxylation is 1. The summed E-state index contributed by atoms with van der Waals surface area (Å²) < 4.78 is 19.0. The van der Waals surface area contributed by atoms with Gasteiger partial charge >= 0.3 is 0 Å². The Morgan fingerprint density at radius 1 is 0.935 bits per heavy atom. The van der Waals surface area contributed by atoms with Crippen LogP contribution < -0.4 is 0 Å². The summed E-state index contributed by atoms with van der Waals surface area (Å²) in [7, 11) is 0. The van der Waals surface area contributed by atoms with E-state index in [4.69, 9.17) is 4.74 Å². The lowest BCUT2D eigenvalue weighted by molar-refractivity contribution is -0.138. The van der Waals surface area contributed by atoms with Crippen LogP contribution in [0.15, 0.2) is 54.2 Å². The number of morpholine rings is 1. The second-order valence-corrected chi connectivity index (χ2v) is 8.39. The summed E-state index contributed by atoms with van der Waals surface area (Å²) in [6, 6.07) is 13.8. The molecule has 2 unspecified atom stereocenters. The number of carbonyl (C=O) groups excluding carboxylic acids is 2. The van der Waals surface area contributed by atoms with Gasteiger partial charge in [-0.05, 0) is 50.5 Å². The fraction of sp³-hybridized carbons (Fsp3) is 0.360. The summed E-state index contributed by atoms with van der Waals surface area (Å²) in [5.74, 6) is -0.861. The summed E-state index contributed by atoms with van der Waals surface area (Å²) in [5, 5.41) is 0. The predicted octanol–water partition coefficient (Wildman–Crippen LogP) is 3.57. The number of hydrogen-bond donors (Lipinski definition) is 0. The van der Waals surface area contributed by atoms with E-state index in [2.05, 4.69) is 0 Å². The molecule has 1 saturated heterocycles. The molecule has 0 aromatic heterocycles. The van der Waals surface area contributed by atoms with Crippen LogP contribution in [0.3, 0.4) is 0 Å². The maximum Gasteiger partial charge on any atom is 0.277 e. The second-order valence-electron chi connectivity index (χ2n) is 8.39. The van der Waals surface area contributed by atoms with Gasteiger partial charge in [-0.25, -0.2) is 4.39 Å². The fourth-order valence-corrected chi connectivity index (χ4v) is 4.29. The normalized spacial score (nSPS) is 21.9. The smallest absolute Gasteiger partial charge is 0.277 e. The van der Waals surface area contributed by atoms with Crippen molar-refractivity contribution in [2.24, 2.45) is 0 Å². The standard InChI is InChI=1S/C25H27FN2O3/c1-16-4-8-20(9-5-16)22-23(27-14-17(2)31-18(3)15-27)25(30)28(24(22)29)13-12-19-6-10-21(26)11-7-19/h4-11,17-18H,12-15H2,1-3H3. The highest BCUT2D eigenvalue weighted by Crippen LogP contribution is 2.33. The van der Waals surface area contributed by atoms with Gasteiger partial charge in [-0.3, -0.25) is 14.5 Å². The molecule has 2 aromatic rings. The summed E-state index contributed by atoms with van der Waals surface area (Å²) in [4.78, 5) is 30.2. The number of rotatable bonds is 5. The zero-order valence-corrected chi connectivity index (χ0v) is 18.1. The maximum atomic E-state index is 13.5. The van der Waals surface area contributed by atoms with Crippen molar-refractivity contribution in [1.29, 1.82) is 0 Å². The minimum atomic E-state index is -0.307. The summed E-state index contributed by atoms with van der Waals surface area (Å²) >= 11 is 0. The van der Waals surface area contributed by atoms with Crippen LogP contribution in [0.25, 0.3) is 5.57 Å². The van der Waals surface area contributed by atoms with Gasteiger partial charge in [-0.1, -0.05) is 42.0 Å². The fourth-order valence-electron chi connectivity index (χ4n) is 4.29. The Morgan fingerprint density at radius 3 is 2.16 bits per heavy atom. The Kier molecular flexibility index (Phi) is 5.92. The van der Waals surface area contributed by atoms with Crippen LogP contribution in [0.1, 0.15) is 30.5 Å². The second kappa shape index (κ2) is 8.63. The molecular weight excluding hydrogens is 395 g/mol. The largest absolute Gasteiger partial charge is 0.372 e. The Balaban J connectivity index is 1.66. The van der Waals surface area contributed by atoms with Gasteiger partial charge in [0.1, 0.15) is 11.5 Å². The van der Waals surface area contributed by atoms with Crippen molar-refractivity contribution >= 4 is 17.4 Å². The van der Waals surface area contributed by atoms with Crippen molar-refractivity contribution in [2.45, 2.75) is 39.4 Å².